The van der Waals surface area contributed by atoms with Crippen LogP contribution in [0.4, 0.5) is 0 Å². The van der Waals surface area contributed by atoms with Gasteiger partial charge in [-0.1, -0.05) is 109 Å². The summed E-state index contributed by atoms with van der Waals surface area (Å²) >= 11 is 0. The van der Waals surface area contributed by atoms with Crippen LogP contribution in [0.2, 0.25) is 109 Å². The molecule has 0 aromatic heterocycles. The molecule has 0 spiro atoms. The van der Waals surface area contributed by atoms with Gasteiger partial charge in [-0.3, -0.25) is 0 Å². The van der Waals surface area contributed by atoms with Gasteiger partial charge in [0, 0.05) is 0 Å². The van der Waals surface area contributed by atoms with Gasteiger partial charge in [0.1, 0.15) is 0 Å². The fraction of sp³-hybridized carbons (Fsp3) is 1.00. The second kappa shape index (κ2) is 23.5. The summed E-state index contributed by atoms with van der Waals surface area (Å²) in [4.78, 5) is 0. The summed E-state index contributed by atoms with van der Waals surface area (Å²) in [6, 6.07) is 0. The van der Waals surface area contributed by atoms with E-state index in [4.69, 9.17) is 0 Å². The second-order valence-corrected chi connectivity index (χ2v) is 27.1. The van der Waals surface area contributed by atoms with E-state index in [-0.39, 0.29) is 169 Å². The Morgan fingerprint density at radius 3 is 0.412 bits per heavy atom. The minimum absolute atomic E-state index is 0.00277. The van der Waals surface area contributed by atoms with Gasteiger partial charge in [-0.25, -0.2) is 0 Å². The van der Waals surface area contributed by atoms with Gasteiger partial charge in [0.2, 0.25) is 0 Å². The average Bonchev–Trinajstić information content (AvgIpc) is 3.61. The quantitative estimate of drug-likeness (QED) is 0.249. The molecule has 24 nitrogen and oxygen atoms in total. The third-order valence-corrected chi connectivity index (χ3v) is 24.3. The van der Waals surface area contributed by atoms with Crippen LogP contribution in [0.25, 0.3) is 0 Å². The molecule has 0 radical (unpaired) electrons. The summed E-state index contributed by atoms with van der Waals surface area (Å²) in [5, 5.41) is 0. The Balaban J connectivity index is 1.34. The smallest absolute Gasteiger partial charge is 0.363 e. The Labute approximate surface area is 500 Å². The van der Waals surface area contributed by atoms with Crippen molar-refractivity contribution in [2.45, 2.75) is 109 Å². The fourth-order valence-electron chi connectivity index (χ4n) is 18.0. The first-order valence-corrected chi connectivity index (χ1v) is 30.9. The van der Waals surface area contributed by atoms with Gasteiger partial charge in [-0.15, -0.1) is 0 Å². The lowest BCUT2D eigenvalue weighted by Crippen LogP contribution is -2.97. The summed E-state index contributed by atoms with van der Waals surface area (Å²) in [5.41, 5.74) is 0. The van der Waals surface area contributed by atoms with Crippen LogP contribution in [0, 0.1) is 0 Å². The van der Waals surface area contributed by atoms with Gasteiger partial charge in [0.05, 0.1) is 0 Å². The molecule has 9 rings (SSSR count). The van der Waals surface area contributed by atoms with E-state index in [1.807, 2.05) is 0 Å². The van der Waals surface area contributed by atoms with Gasteiger partial charge in [0.25, 0.3) is 112 Å². The lowest BCUT2D eigenvalue weighted by molar-refractivity contribution is 0.419. The number of rotatable bonds is 2. The van der Waals surface area contributed by atoms with Crippen molar-refractivity contribution in [3.63, 3.8) is 0 Å². The van der Waals surface area contributed by atoms with Crippen molar-refractivity contribution in [1.29, 1.82) is 0 Å². The van der Waals surface area contributed by atoms with Crippen molar-refractivity contribution < 1.29 is 0 Å². The largest absolute Gasteiger partial charge is 0.374 e. The van der Waals surface area contributed by atoms with E-state index in [9.17, 15) is 0 Å². The zero-order chi connectivity index (χ0) is 59.7. The average molecular weight is 1080 g/mol. The van der Waals surface area contributed by atoms with Crippen molar-refractivity contribution in [3.8, 4) is 0 Å². The molecule has 48 heteroatoms. The monoisotopic (exact) mass is 1080 g/mol. The molecule has 9 heterocycles. The zero-order valence-corrected chi connectivity index (χ0v) is 56.6. The third-order valence-electron chi connectivity index (χ3n) is 24.3. The van der Waals surface area contributed by atoms with Gasteiger partial charge in [0.15, 0.2) is 0 Å². The van der Waals surface area contributed by atoms with Crippen molar-refractivity contribution in [2.24, 2.45) is 0 Å². The maximum Gasteiger partial charge on any atom is 0.363 e. The Morgan fingerprint density at radius 1 is 0.113 bits per heavy atom. The van der Waals surface area contributed by atoms with E-state index in [2.05, 4.69) is 335 Å². The summed E-state index contributed by atoms with van der Waals surface area (Å²) < 4.78 is 65.3. The van der Waals surface area contributed by atoms with Crippen LogP contribution >= 0.6 is 0 Å². The van der Waals surface area contributed by atoms with Crippen LogP contribution in [0.5, 0.6) is 0 Å². The second-order valence-electron chi connectivity index (χ2n) is 27.1. The molecule has 9 aliphatic heterocycles. The van der Waals surface area contributed by atoms with Gasteiger partial charge in [-0.2, -0.15) is 0 Å². The molecular formula is C32H96B24N24. The highest BCUT2D eigenvalue weighted by atomic mass is 15.5. The number of hydrogen-bond acceptors (Lipinski definition) is 24. The molecule has 0 aromatic carbocycles. The first kappa shape index (κ1) is 65.1. The summed E-state index contributed by atoms with van der Waals surface area (Å²) in [5.74, 6) is 0. The zero-order valence-electron chi connectivity index (χ0n) is 56.6. The Bertz CT molecular complexity index is 2010. The van der Waals surface area contributed by atoms with Gasteiger partial charge >= 0.3 is 56.9 Å². The standard InChI is InChI=1S/C32H96B24N24/c1-33-58(18)38(6)73(39(7)59(33)19)54-70(30)55-72(32)56(71(54)31)80-47(15)78(49-62(22)34(2)57(17)35(3)63(49)23)46(14)79(48(80)16)53-67(27)37(5)66(26)52(69(53)29)75-41(9)60(20)40(8)74(44(75)12)50-64(24)36(4)65(25)51(68(50)28)76-42(10)61(21)43(11)77(55)45(76)13/h1-32H3. The minimum Gasteiger partial charge on any atom is -0.374 e. The maximum absolute atomic E-state index is 2.93. The molecule has 9 aliphatic rings. The number of hydrogen-bond donors (Lipinski definition) is 0. The molecular weight excluding hydrogens is 980 g/mol. The molecule has 416 valence electrons. The molecule has 9 fully saturated rings. The maximum atomic E-state index is 2.93. The fourth-order valence-corrected chi connectivity index (χ4v) is 18.0. The molecule has 0 aromatic rings. The van der Waals surface area contributed by atoms with Crippen LogP contribution < -0.4 is 0 Å². The number of fused-ring (bicyclic) bond motifs is 18. The Morgan fingerprint density at radius 2 is 0.212 bits per heavy atom. The first-order chi connectivity index (χ1) is 37.1. The van der Waals surface area contributed by atoms with Crippen molar-refractivity contribution in [1.82, 2.24) is 113 Å². The summed E-state index contributed by atoms with van der Waals surface area (Å²) in [6.07, 6.45) is 0. The first-order valence-electron chi connectivity index (χ1n) is 30.9. The van der Waals surface area contributed by atoms with E-state index < -0.39 is 0 Å². The predicted octanol–water partition coefficient (Wildman–Crippen LogP) is -4.80. The van der Waals surface area contributed by atoms with Crippen molar-refractivity contribution in [3.05, 3.63) is 0 Å². The molecule has 0 amide bonds. The van der Waals surface area contributed by atoms with Gasteiger partial charge in [-0.05, 0) is 113 Å². The summed E-state index contributed by atoms with van der Waals surface area (Å²) in [6.45, 7) is 41.2. The lowest BCUT2D eigenvalue weighted by Gasteiger charge is -2.69. The highest BCUT2D eigenvalue weighted by Gasteiger charge is 2.70. The number of nitrogens with zero attached hydrogens (tertiary/aromatic N) is 24. The lowest BCUT2D eigenvalue weighted by atomic mass is 9.29. The minimum atomic E-state index is -0.162. The molecule has 6 atom stereocenters. The Kier molecular flexibility index (Phi) is 19.1. The summed E-state index contributed by atoms with van der Waals surface area (Å²) in [7, 11) is 37.4. The van der Waals surface area contributed by atoms with Crippen LogP contribution in [0.1, 0.15) is 0 Å². The third kappa shape index (κ3) is 9.38. The highest BCUT2D eigenvalue weighted by molar-refractivity contribution is 7.10. The molecule has 12 bridgehead atoms. The van der Waals surface area contributed by atoms with E-state index in [0.717, 1.165) is 0 Å². The predicted molar refractivity (Wildman–Crippen MR) is 371 cm³/mol. The van der Waals surface area contributed by atoms with E-state index in [1.54, 1.807) is 0 Å². The highest BCUT2D eigenvalue weighted by Crippen LogP contribution is 2.38. The van der Waals surface area contributed by atoms with E-state index >= 15 is 0 Å². The van der Waals surface area contributed by atoms with Crippen molar-refractivity contribution in [2.75, 3.05) is 113 Å². The SMILES string of the molecule is CB1N(C)B(C)N(B2N(C)B3N(C)B(N2C)N2B(C)N(B4N(C)B(C)N(C)B(C)N4C)B(C)N(B4N(C)B(C)N(C)B(N4C)N4B(C)N(C)B(C)N(B5N(C)B(C)N(C)B(N5C)N5B(C)N(C)B(C)N3B5C)B4C)B2C)B(C)N1C. The van der Waals surface area contributed by atoms with Crippen molar-refractivity contribution >= 4 is 169 Å². The molecule has 0 saturated carbocycles. The normalized spacial score (nSPS) is 32.2. The van der Waals surface area contributed by atoms with E-state index in [1.165, 1.54) is 0 Å². The van der Waals surface area contributed by atoms with Crippen LogP contribution in [0.15, 0.2) is 0 Å². The van der Waals surface area contributed by atoms with Crippen LogP contribution in [0.3, 0.4) is 0 Å². The van der Waals surface area contributed by atoms with Gasteiger partial charge < -0.3 is 113 Å². The molecule has 80 heavy (non-hydrogen) atoms. The topological polar surface area (TPSA) is 77.8 Å². The van der Waals surface area contributed by atoms with Crippen LogP contribution in [-0.2, 0) is 0 Å². The van der Waals surface area contributed by atoms with Crippen LogP contribution in [-0.4, -0.2) is 394 Å². The molecule has 6 unspecified atom stereocenters. The molecule has 9 saturated heterocycles. The van der Waals surface area contributed by atoms with E-state index in [0.29, 0.717) is 0 Å². The molecule has 0 aliphatic carbocycles. The Hall–Kier alpha value is 0.598. The molecule has 0 N–H and O–H groups in total.